The third-order valence-electron chi connectivity index (χ3n) is 6.29. The summed E-state index contributed by atoms with van der Waals surface area (Å²) in [6.45, 7) is 3.01. The minimum atomic E-state index is -0.133. The molecule has 0 aliphatic carbocycles. The molecule has 0 radical (unpaired) electrons. The molecule has 1 nitrogen and oxygen atoms in total. The fourth-order valence-corrected chi connectivity index (χ4v) is 4.58. The molecule has 1 unspecified atom stereocenters. The van der Waals surface area contributed by atoms with E-state index in [1.165, 1.54) is 11.1 Å². The summed E-state index contributed by atoms with van der Waals surface area (Å²) in [7, 11) is 0. The summed E-state index contributed by atoms with van der Waals surface area (Å²) < 4.78 is 15.0. The van der Waals surface area contributed by atoms with Gasteiger partial charge in [0.05, 0.1) is 0 Å². The molecule has 1 aliphatic heterocycles. The molecule has 2 heteroatoms. The summed E-state index contributed by atoms with van der Waals surface area (Å²) in [6.07, 6.45) is 1.08. The smallest absolute Gasteiger partial charge is 0.131 e. The topological polar surface area (TPSA) is 3.24 Å². The second kappa shape index (κ2) is 8.87. The first-order valence-electron chi connectivity index (χ1n) is 11.0. The Balaban J connectivity index is 1.29. The van der Waals surface area contributed by atoms with Crippen molar-refractivity contribution in [3.8, 4) is 22.3 Å². The molecule has 5 rings (SSSR count). The van der Waals surface area contributed by atoms with Gasteiger partial charge >= 0.3 is 0 Å². The first-order chi connectivity index (χ1) is 15.3. The zero-order valence-corrected chi connectivity index (χ0v) is 17.5. The van der Waals surface area contributed by atoms with E-state index in [4.69, 9.17) is 0 Å². The highest BCUT2D eigenvalue weighted by Crippen LogP contribution is 2.32. The highest BCUT2D eigenvalue weighted by atomic mass is 19.1. The summed E-state index contributed by atoms with van der Waals surface area (Å²) in [5.74, 6) is 0.263. The number of hydrogen-bond acceptors (Lipinski definition) is 1. The van der Waals surface area contributed by atoms with Gasteiger partial charge in [0.2, 0.25) is 0 Å². The standard InChI is InChI=1S/C29H26FN/c30-29-19-26(27-17-18-31(21-27)20-22-7-3-1-4-8-22)15-16-28(29)25-13-11-24(12-14-25)23-9-5-2-6-10-23/h1-16,19,27H,17-18,20-21H2. The Kier molecular flexibility index (Phi) is 5.64. The van der Waals surface area contributed by atoms with Crippen molar-refractivity contribution in [2.45, 2.75) is 18.9 Å². The Morgan fingerprint density at radius 3 is 2.06 bits per heavy atom. The molecule has 31 heavy (non-hydrogen) atoms. The van der Waals surface area contributed by atoms with Crippen LogP contribution in [0.4, 0.5) is 4.39 Å². The van der Waals surface area contributed by atoms with Gasteiger partial charge in [0.25, 0.3) is 0 Å². The van der Waals surface area contributed by atoms with Crippen molar-refractivity contribution < 1.29 is 4.39 Å². The van der Waals surface area contributed by atoms with Crippen LogP contribution in [0.25, 0.3) is 22.3 Å². The third kappa shape index (κ3) is 4.45. The van der Waals surface area contributed by atoms with Crippen LogP contribution in [0.3, 0.4) is 0 Å². The van der Waals surface area contributed by atoms with Crippen LogP contribution in [0.15, 0.2) is 103 Å². The largest absolute Gasteiger partial charge is 0.298 e. The lowest BCUT2D eigenvalue weighted by molar-refractivity contribution is 0.327. The molecule has 1 saturated heterocycles. The second-order valence-electron chi connectivity index (χ2n) is 8.39. The molecule has 0 bridgehead atoms. The average Bonchev–Trinajstić information content (AvgIpc) is 3.29. The highest BCUT2D eigenvalue weighted by Gasteiger charge is 2.24. The molecule has 1 atom stereocenters. The lowest BCUT2D eigenvalue weighted by atomic mass is 9.94. The maximum atomic E-state index is 15.0. The number of rotatable bonds is 5. The quantitative estimate of drug-likeness (QED) is 0.339. The Morgan fingerprint density at radius 1 is 0.710 bits per heavy atom. The molecule has 154 valence electrons. The molecule has 0 N–H and O–H groups in total. The van der Waals surface area contributed by atoms with Crippen molar-refractivity contribution >= 4 is 0 Å². The van der Waals surface area contributed by atoms with E-state index in [0.717, 1.165) is 42.7 Å². The minimum Gasteiger partial charge on any atom is -0.298 e. The number of likely N-dealkylation sites (tertiary alicyclic amines) is 1. The zero-order chi connectivity index (χ0) is 21.0. The zero-order valence-electron chi connectivity index (χ0n) is 17.5. The molecular weight excluding hydrogens is 381 g/mol. The summed E-state index contributed by atoms with van der Waals surface area (Å²) in [5.41, 5.74) is 6.35. The predicted octanol–water partition coefficient (Wildman–Crippen LogP) is 7.15. The molecule has 4 aromatic carbocycles. The van der Waals surface area contributed by atoms with Gasteiger partial charge in [-0.05, 0) is 52.8 Å². The fraction of sp³-hybridized carbons (Fsp3) is 0.172. The summed E-state index contributed by atoms with van der Waals surface area (Å²) in [5, 5.41) is 0. The number of halogens is 1. The Labute approximate surface area is 183 Å². The number of benzene rings is 4. The normalized spacial score (nSPS) is 16.5. The van der Waals surface area contributed by atoms with Crippen molar-refractivity contribution in [1.29, 1.82) is 0 Å². The van der Waals surface area contributed by atoms with Gasteiger partial charge in [-0.1, -0.05) is 97.1 Å². The minimum absolute atomic E-state index is 0.133. The van der Waals surface area contributed by atoms with Crippen LogP contribution >= 0.6 is 0 Å². The van der Waals surface area contributed by atoms with E-state index in [0.29, 0.717) is 11.5 Å². The van der Waals surface area contributed by atoms with Gasteiger partial charge in [0.15, 0.2) is 0 Å². The summed E-state index contributed by atoms with van der Waals surface area (Å²) in [6, 6.07) is 34.8. The lowest BCUT2D eigenvalue weighted by Gasteiger charge is -2.17. The van der Waals surface area contributed by atoms with Crippen molar-refractivity contribution in [2.75, 3.05) is 13.1 Å². The van der Waals surface area contributed by atoms with Gasteiger partial charge < -0.3 is 0 Å². The number of hydrogen-bond donors (Lipinski definition) is 0. The van der Waals surface area contributed by atoms with E-state index in [2.05, 4.69) is 65.6 Å². The van der Waals surface area contributed by atoms with Crippen LogP contribution in [0.1, 0.15) is 23.5 Å². The SMILES string of the molecule is Fc1cc(C2CCN(Cc3ccccc3)C2)ccc1-c1ccc(-c2ccccc2)cc1. The van der Waals surface area contributed by atoms with Gasteiger partial charge in [-0.25, -0.2) is 4.39 Å². The van der Waals surface area contributed by atoms with Crippen LogP contribution in [0, 0.1) is 5.82 Å². The summed E-state index contributed by atoms with van der Waals surface area (Å²) in [4.78, 5) is 2.47. The summed E-state index contributed by atoms with van der Waals surface area (Å²) >= 11 is 0. The Bertz CT molecular complexity index is 1140. The molecule has 4 aromatic rings. The van der Waals surface area contributed by atoms with Crippen LogP contribution < -0.4 is 0 Å². The molecule has 1 heterocycles. The Morgan fingerprint density at radius 2 is 1.35 bits per heavy atom. The van der Waals surface area contributed by atoms with Crippen molar-refractivity contribution in [2.24, 2.45) is 0 Å². The third-order valence-corrected chi connectivity index (χ3v) is 6.29. The van der Waals surface area contributed by atoms with Gasteiger partial charge in [-0.15, -0.1) is 0 Å². The van der Waals surface area contributed by atoms with E-state index in [9.17, 15) is 0 Å². The van der Waals surface area contributed by atoms with E-state index in [-0.39, 0.29) is 5.82 Å². The maximum Gasteiger partial charge on any atom is 0.131 e. The van der Waals surface area contributed by atoms with Crippen molar-refractivity contribution in [3.05, 3.63) is 120 Å². The van der Waals surface area contributed by atoms with Gasteiger partial charge in [0.1, 0.15) is 5.82 Å². The molecule has 0 saturated carbocycles. The first-order valence-corrected chi connectivity index (χ1v) is 11.0. The van der Waals surface area contributed by atoms with E-state index >= 15 is 4.39 Å². The van der Waals surface area contributed by atoms with Crippen molar-refractivity contribution in [3.63, 3.8) is 0 Å². The van der Waals surface area contributed by atoms with Crippen LogP contribution in [-0.4, -0.2) is 18.0 Å². The molecule has 1 aliphatic rings. The van der Waals surface area contributed by atoms with Crippen LogP contribution in [0.5, 0.6) is 0 Å². The van der Waals surface area contributed by atoms with E-state index in [1.807, 2.05) is 36.4 Å². The second-order valence-corrected chi connectivity index (χ2v) is 8.39. The van der Waals surface area contributed by atoms with Crippen LogP contribution in [0.2, 0.25) is 0 Å². The number of nitrogens with zero attached hydrogens (tertiary/aromatic N) is 1. The highest BCUT2D eigenvalue weighted by molar-refractivity contribution is 5.70. The van der Waals surface area contributed by atoms with E-state index < -0.39 is 0 Å². The molecule has 0 spiro atoms. The van der Waals surface area contributed by atoms with Gasteiger partial charge in [0, 0.05) is 18.7 Å². The average molecular weight is 408 g/mol. The molecular formula is C29H26FN. The maximum absolute atomic E-state index is 15.0. The molecule has 0 amide bonds. The molecule has 0 aromatic heterocycles. The Hall–Kier alpha value is -3.23. The monoisotopic (exact) mass is 407 g/mol. The fourth-order valence-electron chi connectivity index (χ4n) is 4.58. The van der Waals surface area contributed by atoms with E-state index in [1.54, 1.807) is 6.07 Å². The van der Waals surface area contributed by atoms with Gasteiger partial charge in [-0.3, -0.25) is 4.90 Å². The lowest BCUT2D eigenvalue weighted by Crippen LogP contribution is -2.19. The predicted molar refractivity (Wildman–Crippen MR) is 126 cm³/mol. The molecule has 1 fully saturated rings. The van der Waals surface area contributed by atoms with Gasteiger partial charge in [-0.2, -0.15) is 0 Å². The first kappa shape index (κ1) is 19.7. The van der Waals surface area contributed by atoms with Crippen LogP contribution in [-0.2, 0) is 6.54 Å². The van der Waals surface area contributed by atoms with Crippen molar-refractivity contribution in [1.82, 2.24) is 4.90 Å².